The van der Waals surface area contributed by atoms with Crippen LogP contribution in [-0.2, 0) is 9.84 Å². The van der Waals surface area contributed by atoms with Gasteiger partial charge in [-0.25, -0.2) is 8.42 Å². The molecule has 0 aromatic heterocycles. The molecule has 0 saturated carbocycles. The average Bonchev–Trinajstić information content (AvgIpc) is 2.96. The lowest BCUT2D eigenvalue weighted by atomic mass is 10.1. The van der Waals surface area contributed by atoms with Gasteiger partial charge in [0.1, 0.15) is 0 Å². The third-order valence-corrected chi connectivity index (χ3v) is 6.49. The molecular weight excluding hydrogens is 364 g/mol. The molecule has 1 saturated heterocycles. The van der Waals surface area contributed by atoms with Crippen LogP contribution in [0.5, 0.6) is 0 Å². The third kappa shape index (κ3) is 4.74. The van der Waals surface area contributed by atoms with Gasteiger partial charge in [0.05, 0.1) is 11.5 Å². The molecule has 6 nitrogen and oxygen atoms in total. The lowest BCUT2D eigenvalue weighted by Crippen LogP contribution is -2.35. The van der Waals surface area contributed by atoms with E-state index in [1.165, 1.54) is 6.07 Å². The van der Waals surface area contributed by atoms with Crippen LogP contribution in [0.1, 0.15) is 38.3 Å². The fourth-order valence-corrected chi connectivity index (χ4v) is 4.68. The second kappa shape index (κ2) is 7.52. The third-order valence-electron chi connectivity index (χ3n) is 4.72. The number of carbonyl (C=O) groups is 2. The summed E-state index contributed by atoms with van der Waals surface area (Å²) in [5.74, 6) is -0.628. The molecule has 0 radical (unpaired) electrons. The van der Waals surface area contributed by atoms with Gasteiger partial charge in [-0.15, -0.1) is 0 Å². The Balaban J connectivity index is 1.69. The molecule has 1 unspecified atom stereocenters. The highest BCUT2D eigenvalue weighted by Crippen LogP contribution is 2.16. The normalized spacial score (nSPS) is 18.1. The van der Waals surface area contributed by atoms with Crippen molar-refractivity contribution in [2.24, 2.45) is 0 Å². The molecule has 1 fully saturated rings. The molecule has 0 spiro atoms. The number of carbonyl (C=O) groups excluding carboxylic acids is 2. The number of aryl methyl sites for hydroxylation is 2. The topological polar surface area (TPSA) is 92.3 Å². The fraction of sp³-hybridized carbons (Fsp3) is 0.300. The minimum atomic E-state index is -3.06. The molecule has 1 atom stereocenters. The Morgan fingerprint density at radius 1 is 0.963 bits per heavy atom. The Kier molecular flexibility index (Phi) is 5.32. The Morgan fingerprint density at radius 2 is 1.67 bits per heavy atom. The van der Waals surface area contributed by atoms with Crippen molar-refractivity contribution < 1.29 is 18.0 Å². The van der Waals surface area contributed by atoms with Crippen LogP contribution in [0, 0.1) is 13.8 Å². The van der Waals surface area contributed by atoms with Crippen molar-refractivity contribution in [2.45, 2.75) is 26.3 Å². The van der Waals surface area contributed by atoms with Gasteiger partial charge in [-0.2, -0.15) is 0 Å². The van der Waals surface area contributed by atoms with E-state index in [2.05, 4.69) is 10.6 Å². The van der Waals surface area contributed by atoms with Gasteiger partial charge in [-0.05, 0) is 61.7 Å². The summed E-state index contributed by atoms with van der Waals surface area (Å²) in [7, 11) is -3.06. The van der Waals surface area contributed by atoms with Gasteiger partial charge in [0.2, 0.25) is 0 Å². The summed E-state index contributed by atoms with van der Waals surface area (Å²) in [6.07, 6.45) is 0.418. The largest absolute Gasteiger partial charge is 0.348 e. The highest BCUT2D eigenvalue weighted by atomic mass is 32.2. The highest BCUT2D eigenvalue weighted by Gasteiger charge is 2.29. The summed E-state index contributed by atoms with van der Waals surface area (Å²) in [6, 6.07) is 11.7. The monoisotopic (exact) mass is 386 g/mol. The first kappa shape index (κ1) is 19.1. The van der Waals surface area contributed by atoms with Crippen LogP contribution >= 0.6 is 0 Å². The maximum absolute atomic E-state index is 12.5. The Bertz CT molecular complexity index is 999. The molecule has 0 bridgehead atoms. The van der Waals surface area contributed by atoms with Crippen LogP contribution in [0.15, 0.2) is 42.5 Å². The molecule has 1 aliphatic heterocycles. The van der Waals surface area contributed by atoms with Crippen molar-refractivity contribution >= 4 is 27.3 Å². The maximum atomic E-state index is 12.5. The van der Waals surface area contributed by atoms with Crippen molar-refractivity contribution in [1.29, 1.82) is 0 Å². The molecule has 2 aromatic rings. The van der Waals surface area contributed by atoms with E-state index in [0.717, 1.165) is 11.1 Å². The molecule has 2 N–H and O–H groups in total. The van der Waals surface area contributed by atoms with Gasteiger partial charge in [-0.3, -0.25) is 9.59 Å². The highest BCUT2D eigenvalue weighted by molar-refractivity contribution is 7.91. The number of sulfone groups is 1. The summed E-state index contributed by atoms with van der Waals surface area (Å²) in [5.41, 5.74) is 3.59. The zero-order valence-electron chi connectivity index (χ0n) is 15.3. The Morgan fingerprint density at radius 3 is 2.30 bits per heavy atom. The maximum Gasteiger partial charge on any atom is 0.255 e. The van der Waals surface area contributed by atoms with Crippen LogP contribution in [0.2, 0.25) is 0 Å². The molecule has 1 aliphatic rings. The number of anilines is 1. The van der Waals surface area contributed by atoms with Gasteiger partial charge >= 0.3 is 0 Å². The molecular formula is C20H22N2O4S. The van der Waals surface area contributed by atoms with E-state index in [9.17, 15) is 18.0 Å². The van der Waals surface area contributed by atoms with Gasteiger partial charge in [0.25, 0.3) is 11.8 Å². The van der Waals surface area contributed by atoms with Gasteiger partial charge < -0.3 is 10.6 Å². The van der Waals surface area contributed by atoms with Gasteiger partial charge in [0.15, 0.2) is 9.84 Å². The number of amides is 2. The Labute approximate surface area is 158 Å². The SMILES string of the molecule is Cc1ccc(NC(=O)c2cccc(C(=O)NC3CCS(=O)(=O)C3)c2)cc1C. The van der Waals surface area contributed by atoms with E-state index in [1.54, 1.807) is 18.2 Å². The summed E-state index contributed by atoms with van der Waals surface area (Å²) in [4.78, 5) is 24.9. The second-order valence-corrected chi connectivity index (χ2v) is 9.14. The van der Waals surface area contributed by atoms with Crippen molar-refractivity contribution in [3.05, 3.63) is 64.7 Å². The Hall–Kier alpha value is -2.67. The summed E-state index contributed by atoms with van der Waals surface area (Å²) >= 11 is 0. The number of rotatable bonds is 4. The molecule has 0 aliphatic carbocycles. The summed E-state index contributed by atoms with van der Waals surface area (Å²) in [6.45, 7) is 3.97. The second-order valence-electron chi connectivity index (χ2n) is 6.91. The van der Waals surface area contributed by atoms with Crippen molar-refractivity contribution in [1.82, 2.24) is 5.32 Å². The average molecular weight is 386 g/mol. The quantitative estimate of drug-likeness (QED) is 0.844. The number of nitrogens with one attached hydrogen (secondary N) is 2. The minimum absolute atomic E-state index is 0.0360. The summed E-state index contributed by atoms with van der Waals surface area (Å²) < 4.78 is 23.0. The van der Waals surface area contributed by atoms with Crippen LogP contribution in [0.3, 0.4) is 0 Å². The van der Waals surface area contributed by atoms with Gasteiger partial charge in [0, 0.05) is 22.9 Å². The lowest BCUT2D eigenvalue weighted by Gasteiger charge is -2.12. The van der Waals surface area contributed by atoms with E-state index < -0.39 is 9.84 Å². The van der Waals surface area contributed by atoms with E-state index in [0.29, 0.717) is 23.2 Å². The van der Waals surface area contributed by atoms with Crippen LogP contribution in [0.25, 0.3) is 0 Å². The van der Waals surface area contributed by atoms with Crippen LogP contribution < -0.4 is 10.6 Å². The van der Waals surface area contributed by atoms with Crippen LogP contribution in [-0.4, -0.2) is 37.8 Å². The van der Waals surface area contributed by atoms with Crippen molar-refractivity contribution in [3.8, 4) is 0 Å². The number of hydrogen-bond donors (Lipinski definition) is 2. The van der Waals surface area contributed by atoms with Crippen LogP contribution in [0.4, 0.5) is 5.69 Å². The van der Waals surface area contributed by atoms with E-state index in [-0.39, 0.29) is 29.4 Å². The molecule has 7 heteroatoms. The first-order valence-corrected chi connectivity index (χ1v) is 10.6. The smallest absolute Gasteiger partial charge is 0.255 e. The first-order valence-electron chi connectivity index (χ1n) is 8.73. The zero-order valence-corrected chi connectivity index (χ0v) is 16.1. The number of benzene rings is 2. The van der Waals surface area contributed by atoms with Crippen molar-refractivity contribution in [2.75, 3.05) is 16.8 Å². The first-order chi connectivity index (χ1) is 12.7. The van der Waals surface area contributed by atoms with E-state index in [4.69, 9.17) is 0 Å². The predicted molar refractivity (Wildman–Crippen MR) is 105 cm³/mol. The molecule has 1 heterocycles. The molecule has 2 amide bonds. The zero-order chi connectivity index (χ0) is 19.6. The molecule has 2 aromatic carbocycles. The summed E-state index contributed by atoms with van der Waals surface area (Å²) in [5, 5.41) is 5.56. The lowest BCUT2D eigenvalue weighted by molar-refractivity contribution is 0.0941. The number of hydrogen-bond acceptors (Lipinski definition) is 4. The fourth-order valence-electron chi connectivity index (χ4n) is 3.00. The van der Waals surface area contributed by atoms with Crippen molar-refractivity contribution in [3.63, 3.8) is 0 Å². The molecule has 3 rings (SSSR count). The van der Waals surface area contributed by atoms with E-state index >= 15 is 0 Å². The minimum Gasteiger partial charge on any atom is -0.348 e. The predicted octanol–water partition coefficient (Wildman–Crippen LogP) is 2.47. The van der Waals surface area contributed by atoms with Gasteiger partial charge in [-0.1, -0.05) is 12.1 Å². The molecule has 27 heavy (non-hydrogen) atoms. The van der Waals surface area contributed by atoms with E-state index in [1.807, 2.05) is 32.0 Å². The molecule has 142 valence electrons. The standard InChI is InChI=1S/C20H22N2O4S/c1-13-6-7-17(10-14(13)2)21-19(23)15-4-3-5-16(11-15)20(24)22-18-8-9-27(25,26)12-18/h3-7,10-11,18H,8-9,12H2,1-2H3,(H,21,23)(H,22,24).